The molecule has 18 heavy (non-hydrogen) atoms. The van der Waals surface area contributed by atoms with Crippen molar-refractivity contribution in [2.75, 3.05) is 0 Å². The van der Waals surface area contributed by atoms with E-state index in [1.165, 1.54) is 0 Å². The molecule has 0 aliphatic carbocycles. The predicted molar refractivity (Wildman–Crippen MR) is 51.8 cm³/mol. The number of carbonyl (C=O) groups is 1. The van der Waals surface area contributed by atoms with Crippen LogP contribution in [0, 0.1) is 34.9 Å². The molecule has 1 nitrogen and oxygen atoms in total. The lowest BCUT2D eigenvalue weighted by Crippen LogP contribution is -2.04. The van der Waals surface area contributed by atoms with Crippen molar-refractivity contribution in [1.82, 2.24) is 0 Å². The van der Waals surface area contributed by atoms with Crippen LogP contribution in [-0.4, -0.2) is 5.78 Å². The lowest BCUT2D eigenvalue weighted by atomic mass is 10.3. The Balaban J connectivity index is 0.000000411. The Hall–Kier alpha value is -1.53. The first-order valence-electron chi connectivity index (χ1n) is 4.96. The summed E-state index contributed by atoms with van der Waals surface area (Å²) in [4.78, 5) is 10.2. The van der Waals surface area contributed by atoms with Crippen molar-refractivity contribution in [1.29, 1.82) is 0 Å². The monoisotopic (exact) mass is 272 g/mol. The third-order valence-corrected chi connectivity index (χ3v) is 1.94. The minimum atomic E-state index is -2.37. The molecule has 0 aromatic heterocycles. The molecule has 1 rings (SSSR count). The molecule has 7 heteroatoms. The van der Waals surface area contributed by atoms with Gasteiger partial charge in [0.25, 0.3) is 0 Å². The Kier molecular flexibility index (Phi) is 6.43. The van der Waals surface area contributed by atoms with Crippen molar-refractivity contribution in [3.63, 3.8) is 0 Å². The van der Waals surface area contributed by atoms with Crippen molar-refractivity contribution >= 4 is 5.78 Å². The molecule has 0 unspecified atom stereocenters. The summed E-state index contributed by atoms with van der Waals surface area (Å²) in [6.07, 6.45) is 1.38. The van der Waals surface area contributed by atoms with Gasteiger partial charge in [0, 0.05) is 12.8 Å². The molecule has 0 amide bonds. The molecule has 0 saturated carbocycles. The zero-order chi connectivity index (χ0) is 14.5. The summed E-state index contributed by atoms with van der Waals surface area (Å²) >= 11 is 0. The highest BCUT2D eigenvalue weighted by Crippen LogP contribution is 2.20. The van der Waals surface area contributed by atoms with E-state index < -0.39 is 34.9 Å². The standard InChI is InChI=1S/C6F6.C5H10O/c7-1-2(8)4(10)6(12)5(11)3(1)9;1-3-5(6)4-2/h;3-4H2,1-2H3. The fourth-order valence-corrected chi connectivity index (χ4v) is 0.828. The van der Waals surface area contributed by atoms with Gasteiger partial charge in [-0.3, -0.25) is 4.79 Å². The number of hydrogen-bond acceptors (Lipinski definition) is 1. The zero-order valence-electron chi connectivity index (χ0n) is 9.59. The highest BCUT2D eigenvalue weighted by atomic mass is 19.2. The first-order chi connectivity index (χ1) is 8.27. The molecule has 0 aliphatic rings. The summed E-state index contributed by atoms with van der Waals surface area (Å²) in [5.41, 5.74) is 0. The molecule has 0 fully saturated rings. The molecule has 0 heterocycles. The number of hydrogen-bond donors (Lipinski definition) is 0. The highest BCUT2D eigenvalue weighted by Gasteiger charge is 2.25. The van der Waals surface area contributed by atoms with Crippen LogP contribution in [0.1, 0.15) is 26.7 Å². The van der Waals surface area contributed by atoms with Gasteiger partial charge in [-0.15, -0.1) is 0 Å². The fraction of sp³-hybridized carbons (Fsp3) is 0.364. The molecule has 0 N–H and O–H groups in total. The van der Waals surface area contributed by atoms with Gasteiger partial charge in [-0.25, -0.2) is 26.3 Å². The van der Waals surface area contributed by atoms with Crippen molar-refractivity contribution in [3.8, 4) is 0 Å². The molecule has 0 atom stereocenters. The van der Waals surface area contributed by atoms with E-state index in [4.69, 9.17) is 0 Å². The maximum absolute atomic E-state index is 12.0. The van der Waals surface area contributed by atoms with Crippen LogP contribution >= 0.6 is 0 Å². The Bertz CT molecular complexity index is 333. The molecular weight excluding hydrogens is 262 g/mol. The van der Waals surface area contributed by atoms with Gasteiger partial charge in [0.2, 0.25) is 34.9 Å². The molecule has 0 spiro atoms. The predicted octanol–water partition coefficient (Wildman–Crippen LogP) is 3.90. The molecule has 1 aromatic rings. The van der Waals surface area contributed by atoms with Crippen LogP contribution in [0.15, 0.2) is 0 Å². The smallest absolute Gasteiger partial charge is 0.200 e. The summed E-state index contributed by atoms with van der Waals surface area (Å²) < 4.78 is 72.2. The zero-order valence-corrected chi connectivity index (χ0v) is 9.59. The van der Waals surface area contributed by atoms with Crippen molar-refractivity contribution in [2.24, 2.45) is 0 Å². The minimum Gasteiger partial charge on any atom is -0.300 e. The molecule has 0 bridgehead atoms. The van der Waals surface area contributed by atoms with E-state index >= 15 is 0 Å². The van der Waals surface area contributed by atoms with E-state index in [1.54, 1.807) is 0 Å². The van der Waals surface area contributed by atoms with Gasteiger partial charge in [-0.1, -0.05) is 13.8 Å². The van der Waals surface area contributed by atoms with Gasteiger partial charge < -0.3 is 0 Å². The topological polar surface area (TPSA) is 17.1 Å². The highest BCUT2D eigenvalue weighted by molar-refractivity contribution is 5.77. The third kappa shape index (κ3) is 3.75. The number of ketones is 1. The van der Waals surface area contributed by atoms with Crippen molar-refractivity contribution in [2.45, 2.75) is 26.7 Å². The Morgan fingerprint density at radius 2 is 0.833 bits per heavy atom. The molecule has 0 aliphatic heterocycles. The summed E-state index contributed by atoms with van der Waals surface area (Å²) in [6.45, 7) is 3.76. The first kappa shape index (κ1) is 16.5. The second-order valence-corrected chi connectivity index (χ2v) is 3.13. The van der Waals surface area contributed by atoms with Gasteiger partial charge >= 0.3 is 0 Å². The van der Waals surface area contributed by atoms with E-state index in [2.05, 4.69) is 0 Å². The van der Waals surface area contributed by atoms with Crippen LogP contribution in [0.3, 0.4) is 0 Å². The molecule has 1 aromatic carbocycles. The Morgan fingerprint density at radius 1 is 0.667 bits per heavy atom. The van der Waals surface area contributed by atoms with Crippen LogP contribution in [0.2, 0.25) is 0 Å². The molecule has 102 valence electrons. The number of halogens is 6. The second-order valence-electron chi connectivity index (χ2n) is 3.13. The average molecular weight is 272 g/mol. The van der Waals surface area contributed by atoms with Crippen molar-refractivity contribution < 1.29 is 31.1 Å². The Morgan fingerprint density at radius 3 is 0.889 bits per heavy atom. The van der Waals surface area contributed by atoms with E-state index in [1.807, 2.05) is 13.8 Å². The largest absolute Gasteiger partial charge is 0.300 e. The van der Waals surface area contributed by atoms with E-state index in [-0.39, 0.29) is 0 Å². The number of benzene rings is 1. The lowest BCUT2D eigenvalue weighted by molar-refractivity contribution is -0.118. The SMILES string of the molecule is CCC(=O)CC.Fc1c(F)c(F)c(F)c(F)c1F. The van der Waals surface area contributed by atoms with E-state index in [9.17, 15) is 31.1 Å². The van der Waals surface area contributed by atoms with Gasteiger partial charge in [0.1, 0.15) is 5.78 Å². The lowest BCUT2D eigenvalue weighted by Gasteiger charge is -1.99. The van der Waals surface area contributed by atoms with Crippen LogP contribution < -0.4 is 0 Å². The van der Waals surface area contributed by atoms with Gasteiger partial charge in [-0.2, -0.15) is 0 Å². The van der Waals surface area contributed by atoms with Crippen LogP contribution in [0.25, 0.3) is 0 Å². The first-order valence-corrected chi connectivity index (χ1v) is 4.96. The maximum Gasteiger partial charge on any atom is 0.200 e. The molecular formula is C11H10F6O. The molecule has 0 saturated heterocycles. The number of carbonyl (C=O) groups excluding carboxylic acids is 1. The normalized spacial score (nSPS) is 9.78. The van der Waals surface area contributed by atoms with Crippen LogP contribution in [0.5, 0.6) is 0 Å². The Labute approximate surface area is 99.4 Å². The second kappa shape index (κ2) is 7.03. The van der Waals surface area contributed by atoms with Gasteiger partial charge in [-0.05, 0) is 0 Å². The van der Waals surface area contributed by atoms with Gasteiger partial charge in [0.15, 0.2) is 0 Å². The van der Waals surface area contributed by atoms with Crippen LogP contribution in [-0.2, 0) is 4.79 Å². The van der Waals surface area contributed by atoms with Gasteiger partial charge in [0.05, 0.1) is 0 Å². The summed E-state index contributed by atoms with van der Waals surface area (Å²) in [6, 6.07) is 0. The average Bonchev–Trinajstić information content (AvgIpc) is 2.40. The maximum atomic E-state index is 12.0. The minimum absolute atomic E-state index is 0.343. The molecule has 0 radical (unpaired) electrons. The summed E-state index contributed by atoms with van der Waals surface area (Å²) in [7, 11) is 0. The van der Waals surface area contributed by atoms with Crippen LogP contribution in [0.4, 0.5) is 26.3 Å². The third-order valence-electron chi connectivity index (χ3n) is 1.94. The number of Topliss-reactive ketones (excluding diaryl/α,β-unsaturated/α-hetero) is 1. The van der Waals surface area contributed by atoms with Crippen molar-refractivity contribution in [3.05, 3.63) is 34.9 Å². The quantitative estimate of drug-likeness (QED) is 0.453. The number of rotatable bonds is 2. The van der Waals surface area contributed by atoms with E-state index in [0.717, 1.165) is 0 Å². The van der Waals surface area contributed by atoms with E-state index in [0.29, 0.717) is 18.6 Å². The summed E-state index contributed by atoms with van der Waals surface area (Å²) in [5.74, 6) is -13.9. The fourth-order valence-electron chi connectivity index (χ4n) is 0.828. The summed E-state index contributed by atoms with van der Waals surface area (Å²) in [5, 5.41) is 0.